The Kier molecular flexibility index (Phi) is 6.15. The number of nitrogen functional groups attached to an aromatic ring is 1. The minimum atomic E-state index is -1.51. The number of benzene rings is 2. The molecule has 0 spiro atoms. The van der Waals surface area contributed by atoms with E-state index in [2.05, 4.69) is 9.71 Å². The van der Waals surface area contributed by atoms with Gasteiger partial charge < -0.3 is 10.6 Å². The maximum atomic E-state index is 13.9. The lowest BCUT2D eigenvalue weighted by atomic mass is 10.1. The first-order valence-corrected chi connectivity index (χ1v) is 12.2. The number of carbonyl (C=O) groups is 1. The predicted octanol–water partition coefficient (Wildman–Crippen LogP) is 4.74. The van der Waals surface area contributed by atoms with Crippen LogP contribution in [0.1, 0.15) is 33.6 Å². The number of halogens is 1. The second-order valence-corrected chi connectivity index (χ2v) is 10.9. The van der Waals surface area contributed by atoms with Gasteiger partial charge >= 0.3 is 0 Å². The molecule has 6 nitrogen and oxygen atoms in total. The quantitative estimate of drug-likeness (QED) is 0.525. The van der Waals surface area contributed by atoms with Crippen molar-refractivity contribution in [3.05, 3.63) is 48.4 Å². The molecule has 1 atom stereocenters. The fourth-order valence-corrected chi connectivity index (χ4v) is 5.77. The molecule has 1 fully saturated rings. The lowest BCUT2D eigenvalue weighted by Crippen LogP contribution is -2.37. The Morgan fingerprint density at radius 3 is 2.66 bits per heavy atom. The van der Waals surface area contributed by atoms with Crippen molar-refractivity contribution in [2.45, 2.75) is 44.0 Å². The highest BCUT2D eigenvalue weighted by atomic mass is 32.2. The van der Waals surface area contributed by atoms with Gasteiger partial charge in [0.1, 0.15) is 21.8 Å². The van der Waals surface area contributed by atoms with Gasteiger partial charge in [0, 0.05) is 41.5 Å². The summed E-state index contributed by atoms with van der Waals surface area (Å²) in [5.74, 6) is -0.418. The zero-order valence-corrected chi connectivity index (χ0v) is 19.8. The number of hydrogen-bond donors (Lipinski definition) is 2. The standard InChI is InChI=1S/C23H25FN4O2S2/c1-23(2,3)27-32(30)20-12-15(28-10-4-5-21(28)29)7-8-16(20)19-13-26-22(31-19)14-6-9-18(25)17(24)11-14/h6-9,11-13,27H,4-5,10,25H2,1-3H3. The molecule has 3 aromatic rings. The summed E-state index contributed by atoms with van der Waals surface area (Å²) in [6.07, 6.45) is 3.04. The van der Waals surface area contributed by atoms with Crippen molar-refractivity contribution in [3.8, 4) is 21.0 Å². The van der Waals surface area contributed by atoms with Crippen molar-refractivity contribution >= 4 is 39.6 Å². The van der Waals surface area contributed by atoms with E-state index in [4.69, 9.17) is 5.73 Å². The topological polar surface area (TPSA) is 88.3 Å². The van der Waals surface area contributed by atoms with Gasteiger partial charge in [0.15, 0.2) is 0 Å². The van der Waals surface area contributed by atoms with E-state index in [1.807, 2.05) is 39.0 Å². The Bertz CT molecular complexity index is 1200. The molecule has 168 valence electrons. The zero-order valence-electron chi connectivity index (χ0n) is 18.1. The second kappa shape index (κ2) is 8.73. The van der Waals surface area contributed by atoms with Crippen molar-refractivity contribution in [2.24, 2.45) is 0 Å². The van der Waals surface area contributed by atoms with Crippen LogP contribution in [0.5, 0.6) is 0 Å². The van der Waals surface area contributed by atoms with Crippen molar-refractivity contribution in [3.63, 3.8) is 0 Å². The number of hydrogen-bond acceptors (Lipinski definition) is 5. The average molecular weight is 473 g/mol. The van der Waals surface area contributed by atoms with Crippen molar-refractivity contribution in [1.29, 1.82) is 0 Å². The molecule has 0 saturated carbocycles. The van der Waals surface area contributed by atoms with Crippen molar-refractivity contribution in [1.82, 2.24) is 9.71 Å². The van der Waals surface area contributed by atoms with E-state index >= 15 is 0 Å². The van der Waals surface area contributed by atoms with Gasteiger partial charge in [-0.1, -0.05) is 6.07 Å². The summed E-state index contributed by atoms with van der Waals surface area (Å²) in [6, 6.07) is 10.2. The number of amides is 1. The van der Waals surface area contributed by atoms with E-state index < -0.39 is 16.8 Å². The normalized spacial score (nSPS) is 15.4. The fourth-order valence-electron chi connectivity index (χ4n) is 3.48. The zero-order chi connectivity index (χ0) is 23.0. The molecule has 2 heterocycles. The minimum absolute atomic E-state index is 0.0729. The number of carbonyl (C=O) groups excluding carboxylic acids is 1. The van der Waals surface area contributed by atoms with E-state index in [-0.39, 0.29) is 17.1 Å². The van der Waals surface area contributed by atoms with Gasteiger partial charge in [0.2, 0.25) is 5.91 Å². The monoisotopic (exact) mass is 472 g/mol. The summed E-state index contributed by atoms with van der Waals surface area (Å²) in [6.45, 7) is 6.49. The van der Waals surface area contributed by atoms with Gasteiger partial charge in [-0.2, -0.15) is 0 Å². The average Bonchev–Trinajstić information content (AvgIpc) is 3.37. The molecular formula is C23H25FN4O2S2. The number of aromatic nitrogens is 1. The summed E-state index contributed by atoms with van der Waals surface area (Å²) in [7, 11) is -1.51. The van der Waals surface area contributed by atoms with E-state index in [1.54, 1.807) is 17.2 Å². The molecule has 1 aliphatic heterocycles. The molecule has 0 bridgehead atoms. The van der Waals surface area contributed by atoms with Crippen LogP contribution in [0.3, 0.4) is 0 Å². The summed E-state index contributed by atoms with van der Waals surface area (Å²) < 4.78 is 30.3. The van der Waals surface area contributed by atoms with Crippen LogP contribution < -0.4 is 15.4 Å². The molecule has 2 aromatic carbocycles. The van der Waals surface area contributed by atoms with Crippen LogP contribution in [0.25, 0.3) is 21.0 Å². The maximum absolute atomic E-state index is 13.9. The summed E-state index contributed by atoms with van der Waals surface area (Å²) in [5, 5.41) is 0.637. The molecule has 32 heavy (non-hydrogen) atoms. The van der Waals surface area contributed by atoms with Gasteiger partial charge in [-0.25, -0.2) is 18.3 Å². The molecule has 1 saturated heterocycles. The highest BCUT2D eigenvalue weighted by Gasteiger charge is 2.25. The lowest BCUT2D eigenvalue weighted by Gasteiger charge is -2.22. The Balaban J connectivity index is 1.76. The van der Waals surface area contributed by atoms with Crippen LogP contribution in [0.2, 0.25) is 0 Å². The van der Waals surface area contributed by atoms with E-state index in [0.717, 1.165) is 22.5 Å². The van der Waals surface area contributed by atoms with Gasteiger partial charge in [-0.05, 0) is 57.5 Å². The minimum Gasteiger partial charge on any atom is -0.396 e. The summed E-state index contributed by atoms with van der Waals surface area (Å²) >= 11 is 1.38. The van der Waals surface area contributed by atoms with Crippen molar-refractivity contribution in [2.75, 3.05) is 17.2 Å². The molecule has 0 aliphatic carbocycles. The SMILES string of the molecule is CC(C)(C)NS(=O)c1cc(N2CCCC2=O)ccc1-c1cnc(-c2ccc(N)c(F)c2)s1. The first-order chi connectivity index (χ1) is 15.1. The third kappa shape index (κ3) is 4.74. The van der Waals surface area contributed by atoms with Crippen LogP contribution in [-0.2, 0) is 15.8 Å². The van der Waals surface area contributed by atoms with Crippen LogP contribution in [0.15, 0.2) is 47.5 Å². The van der Waals surface area contributed by atoms with Gasteiger partial charge in [0.25, 0.3) is 0 Å². The smallest absolute Gasteiger partial charge is 0.227 e. The summed E-state index contributed by atoms with van der Waals surface area (Å²) in [4.78, 5) is 19.8. The Labute approximate surface area is 193 Å². The molecule has 1 aromatic heterocycles. The van der Waals surface area contributed by atoms with Crippen molar-refractivity contribution < 1.29 is 13.4 Å². The largest absolute Gasteiger partial charge is 0.396 e. The number of anilines is 2. The first-order valence-electron chi connectivity index (χ1n) is 10.3. The molecule has 1 aliphatic rings. The number of thiazole rings is 1. The molecule has 0 radical (unpaired) electrons. The van der Waals surface area contributed by atoms with Gasteiger partial charge in [-0.3, -0.25) is 4.79 Å². The van der Waals surface area contributed by atoms with Crippen LogP contribution in [0, 0.1) is 5.82 Å². The highest BCUT2D eigenvalue weighted by Crippen LogP contribution is 2.37. The Morgan fingerprint density at radius 1 is 1.22 bits per heavy atom. The maximum Gasteiger partial charge on any atom is 0.227 e. The van der Waals surface area contributed by atoms with Gasteiger partial charge in [-0.15, -0.1) is 11.3 Å². The fraction of sp³-hybridized carbons (Fsp3) is 0.304. The number of rotatable bonds is 5. The van der Waals surface area contributed by atoms with Gasteiger partial charge in [0.05, 0.1) is 15.5 Å². The number of nitrogens with zero attached hydrogens (tertiary/aromatic N) is 2. The van der Waals surface area contributed by atoms with E-state index in [0.29, 0.717) is 28.4 Å². The number of nitrogens with one attached hydrogen (secondary N) is 1. The van der Waals surface area contributed by atoms with Crippen LogP contribution >= 0.6 is 11.3 Å². The molecular weight excluding hydrogens is 447 g/mol. The molecule has 4 rings (SSSR count). The van der Waals surface area contributed by atoms with E-state index in [9.17, 15) is 13.4 Å². The second-order valence-electron chi connectivity index (χ2n) is 8.72. The third-order valence-electron chi connectivity index (χ3n) is 4.97. The van der Waals surface area contributed by atoms with E-state index in [1.165, 1.54) is 23.5 Å². The third-order valence-corrected chi connectivity index (χ3v) is 7.58. The summed E-state index contributed by atoms with van der Waals surface area (Å²) in [5.41, 5.74) is 7.42. The molecule has 1 unspecified atom stereocenters. The lowest BCUT2D eigenvalue weighted by molar-refractivity contribution is -0.117. The van der Waals surface area contributed by atoms with Crippen LogP contribution in [-0.4, -0.2) is 27.2 Å². The Morgan fingerprint density at radius 2 is 2.00 bits per heavy atom. The number of nitrogens with two attached hydrogens (primary N) is 1. The Hall–Kier alpha value is -2.62. The highest BCUT2D eigenvalue weighted by molar-refractivity contribution is 7.83. The predicted molar refractivity (Wildman–Crippen MR) is 128 cm³/mol. The molecule has 9 heteroatoms. The molecule has 1 amide bonds. The first kappa shape index (κ1) is 22.6. The van der Waals surface area contributed by atoms with Crippen LogP contribution in [0.4, 0.5) is 15.8 Å². The molecule has 3 N–H and O–H groups in total.